The first kappa shape index (κ1) is 20.9. The number of nitro benzene ring substituents is 1. The largest absolute Gasteiger partial charge is 0.454 e. The molecule has 0 unspecified atom stereocenters. The number of nitrogens with zero attached hydrogens (tertiary/aromatic N) is 1. The number of ether oxygens (including phenoxy) is 1. The summed E-state index contributed by atoms with van der Waals surface area (Å²) in [7, 11) is -3.96. The van der Waals surface area contributed by atoms with Crippen LogP contribution in [0.4, 0.5) is 11.4 Å². The second kappa shape index (κ2) is 8.69. The van der Waals surface area contributed by atoms with Gasteiger partial charge < -0.3 is 4.74 Å². The van der Waals surface area contributed by atoms with E-state index in [0.29, 0.717) is 10.8 Å². The van der Waals surface area contributed by atoms with E-state index in [9.17, 15) is 18.5 Å². The third kappa shape index (κ3) is 5.38. The third-order valence-electron chi connectivity index (χ3n) is 3.80. The number of hydrogen-bond acceptors (Lipinski definition) is 5. The Balaban J connectivity index is 1.86. The molecule has 150 valence electrons. The Kier molecular flexibility index (Phi) is 6.26. The SMILES string of the molecule is O=[N+]([O-])c1ccccc1CS(=O)(=O)Nc1ccccc1Oc1ccc(Cl)cc1Cl. The van der Waals surface area contributed by atoms with Gasteiger partial charge >= 0.3 is 0 Å². The Morgan fingerprint density at radius 1 is 0.966 bits per heavy atom. The van der Waals surface area contributed by atoms with Crippen molar-refractivity contribution >= 4 is 44.6 Å². The molecule has 3 aromatic carbocycles. The summed E-state index contributed by atoms with van der Waals surface area (Å²) in [5.41, 5.74) is -0.0309. The van der Waals surface area contributed by atoms with E-state index in [1.807, 2.05) is 0 Å². The first-order valence-electron chi connectivity index (χ1n) is 8.20. The van der Waals surface area contributed by atoms with Gasteiger partial charge in [-0.05, 0) is 30.3 Å². The van der Waals surface area contributed by atoms with Crippen LogP contribution < -0.4 is 9.46 Å². The molecule has 3 rings (SSSR count). The van der Waals surface area contributed by atoms with Gasteiger partial charge in [0.1, 0.15) is 11.5 Å². The van der Waals surface area contributed by atoms with Crippen LogP contribution in [-0.4, -0.2) is 13.3 Å². The van der Waals surface area contributed by atoms with Crippen molar-refractivity contribution in [2.24, 2.45) is 0 Å². The fourth-order valence-corrected chi connectivity index (χ4v) is 4.21. The van der Waals surface area contributed by atoms with Gasteiger partial charge in [-0.15, -0.1) is 0 Å². The number of nitro groups is 1. The lowest BCUT2D eigenvalue weighted by Gasteiger charge is -2.14. The number of hydrogen-bond donors (Lipinski definition) is 1. The molecule has 29 heavy (non-hydrogen) atoms. The summed E-state index contributed by atoms with van der Waals surface area (Å²) in [6, 6.07) is 16.7. The van der Waals surface area contributed by atoms with Crippen molar-refractivity contribution in [2.45, 2.75) is 5.75 Å². The van der Waals surface area contributed by atoms with E-state index in [-0.39, 0.29) is 27.7 Å². The molecule has 0 saturated heterocycles. The van der Waals surface area contributed by atoms with Crippen LogP contribution in [0.5, 0.6) is 11.5 Å². The first-order valence-corrected chi connectivity index (χ1v) is 10.6. The number of halogens is 2. The van der Waals surface area contributed by atoms with Crippen molar-refractivity contribution in [3.8, 4) is 11.5 Å². The molecule has 1 N–H and O–H groups in total. The maximum atomic E-state index is 12.6. The number of benzene rings is 3. The van der Waals surface area contributed by atoms with E-state index in [4.69, 9.17) is 27.9 Å². The van der Waals surface area contributed by atoms with Gasteiger partial charge in [0.15, 0.2) is 5.75 Å². The molecule has 0 saturated carbocycles. The minimum absolute atomic E-state index is 0.0733. The molecule has 10 heteroatoms. The zero-order valence-corrected chi connectivity index (χ0v) is 17.0. The van der Waals surface area contributed by atoms with E-state index in [1.165, 1.54) is 36.4 Å². The van der Waals surface area contributed by atoms with Crippen LogP contribution in [0.25, 0.3) is 0 Å². The van der Waals surface area contributed by atoms with Gasteiger partial charge in [0.05, 0.1) is 15.6 Å². The topological polar surface area (TPSA) is 98.5 Å². The van der Waals surface area contributed by atoms with Gasteiger partial charge in [-0.25, -0.2) is 8.42 Å². The van der Waals surface area contributed by atoms with E-state index in [0.717, 1.165) is 0 Å². The van der Waals surface area contributed by atoms with Gasteiger partial charge in [0.2, 0.25) is 10.0 Å². The van der Waals surface area contributed by atoms with Crippen molar-refractivity contribution in [3.63, 3.8) is 0 Å². The number of para-hydroxylation sites is 3. The molecule has 0 atom stereocenters. The molecule has 3 aromatic rings. The Bertz CT molecular complexity index is 1170. The second-order valence-electron chi connectivity index (χ2n) is 5.92. The molecule has 0 fully saturated rings. The van der Waals surface area contributed by atoms with Crippen molar-refractivity contribution in [3.05, 3.63) is 92.5 Å². The maximum absolute atomic E-state index is 12.6. The average Bonchev–Trinajstić information content (AvgIpc) is 2.65. The van der Waals surface area contributed by atoms with Crippen LogP contribution in [0, 0.1) is 10.1 Å². The predicted octanol–water partition coefficient (Wildman–Crippen LogP) is 5.64. The van der Waals surface area contributed by atoms with Crippen LogP contribution >= 0.6 is 23.2 Å². The van der Waals surface area contributed by atoms with Gasteiger partial charge in [0.25, 0.3) is 5.69 Å². The lowest BCUT2D eigenvalue weighted by atomic mass is 10.2. The molecular weight excluding hydrogens is 439 g/mol. The highest BCUT2D eigenvalue weighted by molar-refractivity contribution is 7.91. The molecule has 0 aliphatic rings. The summed E-state index contributed by atoms with van der Waals surface area (Å²) in [5, 5.41) is 11.8. The van der Waals surface area contributed by atoms with E-state index < -0.39 is 20.7 Å². The van der Waals surface area contributed by atoms with Gasteiger partial charge in [0, 0.05) is 16.7 Å². The third-order valence-corrected chi connectivity index (χ3v) is 5.55. The quantitative estimate of drug-likeness (QED) is 0.369. The van der Waals surface area contributed by atoms with Crippen molar-refractivity contribution < 1.29 is 18.1 Å². The molecule has 7 nitrogen and oxygen atoms in total. The highest BCUT2D eigenvalue weighted by atomic mass is 35.5. The number of nitrogens with one attached hydrogen (secondary N) is 1. The Morgan fingerprint density at radius 3 is 2.38 bits per heavy atom. The van der Waals surface area contributed by atoms with Gasteiger partial charge in [-0.3, -0.25) is 14.8 Å². The minimum atomic E-state index is -3.96. The van der Waals surface area contributed by atoms with Crippen LogP contribution in [0.2, 0.25) is 10.0 Å². The number of anilines is 1. The highest BCUT2D eigenvalue weighted by Gasteiger charge is 2.21. The van der Waals surface area contributed by atoms with Gasteiger partial charge in [-0.1, -0.05) is 53.5 Å². The molecule has 0 amide bonds. The Labute approximate surface area is 177 Å². The smallest absolute Gasteiger partial charge is 0.273 e. The Morgan fingerprint density at radius 2 is 1.66 bits per heavy atom. The second-order valence-corrected chi connectivity index (χ2v) is 8.49. The predicted molar refractivity (Wildman–Crippen MR) is 112 cm³/mol. The summed E-state index contributed by atoms with van der Waals surface area (Å²) in [4.78, 5) is 10.5. The highest BCUT2D eigenvalue weighted by Crippen LogP contribution is 2.35. The van der Waals surface area contributed by atoms with Crippen molar-refractivity contribution in [1.29, 1.82) is 0 Å². The zero-order chi connectivity index (χ0) is 21.0. The minimum Gasteiger partial charge on any atom is -0.454 e. The molecule has 0 aliphatic carbocycles. The normalized spacial score (nSPS) is 11.1. The molecule has 0 bridgehead atoms. The lowest BCUT2D eigenvalue weighted by Crippen LogP contribution is -2.16. The molecule has 0 spiro atoms. The lowest BCUT2D eigenvalue weighted by molar-refractivity contribution is -0.385. The summed E-state index contributed by atoms with van der Waals surface area (Å²) >= 11 is 12.0. The zero-order valence-electron chi connectivity index (χ0n) is 14.7. The fourth-order valence-electron chi connectivity index (χ4n) is 2.54. The van der Waals surface area contributed by atoms with Crippen LogP contribution in [-0.2, 0) is 15.8 Å². The van der Waals surface area contributed by atoms with E-state index in [1.54, 1.807) is 30.3 Å². The number of sulfonamides is 1. The van der Waals surface area contributed by atoms with E-state index in [2.05, 4.69) is 4.72 Å². The summed E-state index contributed by atoms with van der Waals surface area (Å²) < 4.78 is 33.4. The standard InChI is InChI=1S/C19H14Cl2N2O5S/c20-14-9-10-18(15(21)11-14)28-19-8-4-2-6-16(19)22-29(26,27)12-13-5-1-3-7-17(13)23(24)25/h1-11,22H,12H2. The average molecular weight is 453 g/mol. The monoisotopic (exact) mass is 452 g/mol. The molecule has 0 heterocycles. The van der Waals surface area contributed by atoms with Crippen LogP contribution in [0.15, 0.2) is 66.7 Å². The first-order chi connectivity index (χ1) is 13.7. The van der Waals surface area contributed by atoms with Crippen LogP contribution in [0.1, 0.15) is 5.56 Å². The molecule has 0 aromatic heterocycles. The van der Waals surface area contributed by atoms with Crippen LogP contribution in [0.3, 0.4) is 0 Å². The summed E-state index contributed by atoms with van der Waals surface area (Å²) in [6.45, 7) is 0. The summed E-state index contributed by atoms with van der Waals surface area (Å²) in [5.74, 6) is -0.0653. The number of rotatable bonds is 7. The van der Waals surface area contributed by atoms with Crippen molar-refractivity contribution in [1.82, 2.24) is 0 Å². The molecular formula is C19H14Cl2N2O5S. The van der Waals surface area contributed by atoms with Crippen molar-refractivity contribution in [2.75, 3.05) is 4.72 Å². The van der Waals surface area contributed by atoms with Gasteiger partial charge in [-0.2, -0.15) is 0 Å². The molecule has 0 radical (unpaired) electrons. The molecule has 0 aliphatic heterocycles. The maximum Gasteiger partial charge on any atom is 0.273 e. The van der Waals surface area contributed by atoms with E-state index >= 15 is 0 Å². The Hall–Kier alpha value is -2.81. The summed E-state index contributed by atoms with van der Waals surface area (Å²) in [6.07, 6.45) is 0. The fraction of sp³-hybridized carbons (Fsp3) is 0.0526.